The zero-order valence-corrected chi connectivity index (χ0v) is 16.2. The van der Waals surface area contributed by atoms with Gasteiger partial charge in [0.2, 0.25) is 0 Å². The number of phenols is 1. The molecule has 1 aliphatic rings. The standard InChI is InChI=1S/C27H23NO/c29-27-13-7-6-12-25(27)26(16-19-8-2-1-3-9-19)28-22-14-15-24-21(18-22)17-20-10-4-5-11-23(20)24/h1-15,18,26,28-29H,16-17H2. The van der Waals surface area contributed by atoms with Crippen LogP contribution < -0.4 is 5.32 Å². The molecule has 142 valence electrons. The number of hydrogen-bond donors (Lipinski definition) is 2. The molecule has 0 saturated heterocycles. The van der Waals surface area contributed by atoms with Gasteiger partial charge >= 0.3 is 0 Å². The van der Waals surface area contributed by atoms with E-state index in [0.717, 1.165) is 24.1 Å². The van der Waals surface area contributed by atoms with Crippen LogP contribution >= 0.6 is 0 Å². The van der Waals surface area contributed by atoms with E-state index in [1.54, 1.807) is 6.07 Å². The Balaban J connectivity index is 1.47. The number of fused-ring (bicyclic) bond motifs is 3. The van der Waals surface area contributed by atoms with Crippen molar-refractivity contribution in [3.05, 3.63) is 119 Å². The molecule has 0 amide bonds. The van der Waals surface area contributed by atoms with E-state index < -0.39 is 0 Å². The second-order valence-corrected chi connectivity index (χ2v) is 7.65. The molecule has 29 heavy (non-hydrogen) atoms. The average molecular weight is 377 g/mol. The van der Waals surface area contributed by atoms with Crippen LogP contribution in [0.25, 0.3) is 11.1 Å². The minimum atomic E-state index is -0.0135. The molecule has 1 aliphatic carbocycles. The number of aromatic hydroxyl groups is 1. The van der Waals surface area contributed by atoms with E-state index in [2.05, 4.69) is 72.0 Å². The number of rotatable bonds is 5. The molecule has 1 atom stereocenters. The molecule has 0 bridgehead atoms. The number of phenolic OH excluding ortho intramolecular Hbond substituents is 1. The fourth-order valence-corrected chi connectivity index (χ4v) is 4.31. The highest BCUT2D eigenvalue weighted by molar-refractivity contribution is 5.78. The SMILES string of the molecule is Oc1ccccc1C(Cc1ccccc1)Nc1ccc2c(c1)Cc1ccccc1-2. The maximum absolute atomic E-state index is 10.5. The lowest BCUT2D eigenvalue weighted by atomic mass is 9.97. The highest BCUT2D eigenvalue weighted by Gasteiger charge is 2.20. The maximum atomic E-state index is 10.5. The first-order valence-electron chi connectivity index (χ1n) is 10.1. The monoisotopic (exact) mass is 377 g/mol. The molecule has 4 aromatic rings. The molecule has 0 aliphatic heterocycles. The predicted octanol–water partition coefficient (Wildman–Crippen LogP) is 6.36. The van der Waals surface area contributed by atoms with Gasteiger partial charge in [-0.1, -0.05) is 78.9 Å². The van der Waals surface area contributed by atoms with Gasteiger partial charge in [-0.25, -0.2) is 0 Å². The van der Waals surface area contributed by atoms with E-state index in [4.69, 9.17) is 0 Å². The molecule has 0 fully saturated rings. The van der Waals surface area contributed by atoms with E-state index >= 15 is 0 Å². The first kappa shape index (κ1) is 17.6. The Bertz CT molecular complexity index is 1150. The van der Waals surface area contributed by atoms with Gasteiger partial charge in [0, 0.05) is 11.3 Å². The summed E-state index contributed by atoms with van der Waals surface area (Å²) in [6.45, 7) is 0. The van der Waals surface area contributed by atoms with Crippen molar-refractivity contribution < 1.29 is 5.11 Å². The van der Waals surface area contributed by atoms with Crippen LogP contribution in [0, 0.1) is 0 Å². The topological polar surface area (TPSA) is 32.3 Å². The minimum absolute atomic E-state index is 0.0135. The summed E-state index contributed by atoms with van der Waals surface area (Å²) in [6, 6.07) is 33.3. The number of hydrogen-bond acceptors (Lipinski definition) is 2. The molecule has 4 aromatic carbocycles. The highest BCUT2D eigenvalue weighted by atomic mass is 16.3. The smallest absolute Gasteiger partial charge is 0.120 e. The van der Waals surface area contributed by atoms with E-state index in [-0.39, 0.29) is 6.04 Å². The summed E-state index contributed by atoms with van der Waals surface area (Å²) in [4.78, 5) is 0. The van der Waals surface area contributed by atoms with Crippen molar-refractivity contribution in [1.82, 2.24) is 0 Å². The Labute approximate surface area is 171 Å². The first-order chi connectivity index (χ1) is 14.3. The van der Waals surface area contributed by atoms with Crippen LogP contribution in [0.3, 0.4) is 0 Å². The summed E-state index contributed by atoms with van der Waals surface area (Å²) >= 11 is 0. The fraction of sp³-hybridized carbons (Fsp3) is 0.111. The number of benzene rings is 4. The van der Waals surface area contributed by atoms with E-state index in [0.29, 0.717) is 5.75 Å². The van der Waals surface area contributed by atoms with Crippen LogP contribution in [-0.4, -0.2) is 5.11 Å². The van der Waals surface area contributed by atoms with E-state index in [9.17, 15) is 5.11 Å². The van der Waals surface area contributed by atoms with Gasteiger partial charge in [-0.2, -0.15) is 0 Å². The maximum Gasteiger partial charge on any atom is 0.120 e. The summed E-state index contributed by atoms with van der Waals surface area (Å²) in [6.07, 6.45) is 1.77. The number of para-hydroxylation sites is 1. The Hall–Kier alpha value is -3.52. The molecular formula is C27H23NO. The quantitative estimate of drug-likeness (QED) is 0.373. The second kappa shape index (κ2) is 7.48. The zero-order valence-electron chi connectivity index (χ0n) is 16.2. The van der Waals surface area contributed by atoms with Crippen LogP contribution in [-0.2, 0) is 12.8 Å². The van der Waals surface area contributed by atoms with Gasteiger partial charge in [-0.05, 0) is 58.9 Å². The van der Waals surface area contributed by atoms with Crippen molar-refractivity contribution >= 4 is 5.69 Å². The summed E-state index contributed by atoms with van der Waals surface area (Å²) in [5, 5.41) is 14.2. The van der Waals surface area contributed by atoms with Crippen molar-refractivity contribution in [2.75, 3.05) is 5.32 Å². The van der Waals surface area contributed by atoms with Gasteiger partial charge in [-0.15, -0.1) is 0 Å². The molecule has 0 saturated carbocycles. The van der Waals surface area contributed by atoms with Crippen molar-refractivity contribution in [2.24, 2.45) is 0 Å². The van der Waals surface area contributed by atoms with Gasteiger partial charge in [0.05, 0.1) is 6.04 Å². The fourth-order valence-electron chi connectivity index (χ4n) is 4.31. The van der Waals surface area contributed by atoms with E-state index in [1.165, 1.54) is 27.8 Å². The normalized spacial score (nSPS) is 12.8. The van der Waals surface area contributed by atoms with Gasteiger partial charge in [-0.3, -0.25) is 0 Å². The van der Waals surface area contributed by atoms with Crippen LogP contribution in [0.1, 0.15) is 28.3 Å². The van der Waals surface area contributed by atoms with Crippen molar-refractivity contribution in [1.29, 1.82) is 0 Å². The van der Waals surface area contributed by atoms with Crippen LogP contribution in [0.2, 0.25) is 0 Å². The van der Waals surface area contributed by atoms with Crippen LogP contribution in [0.4, 0.5) is 5.69 Å². The van der Waals surface area contributed by atoms with Crippen molar-refractivity contribution in [3.63, 3.8) is 0 Å². The Kier molecular flexibility index (Phi) is 4.53. The van der Waals surface area contributed by atoms with Crippen molar-refractivity contribution in [2.45, 2.75) is 18.9 Å². The molecule has 0 radical (unpaired) electrons. The molecule has 2 N–H and O–H groups in total. The predicted molar refractivity (Wildman–Crippen MR) is 119 cm³/mol. The molecule has 0 aromatic heterocycles. The third kappa shape index (κ3) is 3.50. The summed E-state index contributed by atoms with van der Waals surface area (Å²) < 4.78 is 0. The Morgan fingerprint density at radius 2 is 1.45 bits per heavy atom. The van der Waals surface area contributed by atoms with Gasteiger partial charge in [0.1, 0.15) is 5.75 Å². The molecular weight excluding hydrogens is 354 g/mol. The second-order valence-electron chi connectivity index (χ2n) is 7.65. The first-order valence-corrected chi connectivity index (χ1v) is 10.1. The highest BCUT2D eigenvalue weighted by Crippen LogP contribution is 2.38. The van der Waals surface area contributed by atoms with Crippen LogP contribution in [0.5, 0.6) is 5.75 Å². The molecule has 1 unspecified atom stereocenters. The third-order valence-corrected chi connectivity index (χ3v) is 5.73. The number of nitrogens with one attached hydrogen (secondary N) is 1. The average Bonchev–Trinajstić information content (AvgIpc) is 3.12. The third-order valence-electron chi connectivity index (χ3n) is 5.73. The van der Waals surface area contributed by atoms with Crippen LogP contribution in [0.15, 0.2) is 97.1 Å². The lowest BCUT2D eigenvalue weighted by Crippen LogP contribution is -2.14. The molecule has 5 rings (SSSR count). The summed E-state index contributed by atoms with van der Waals surface area (Å²) in [5.41, 5.74) is 8.65. The zero-order chi connectivity index (χ0) is 19.6. The minimum Gasteiger partial charge on any atom is -0.508 e. The lowest BCUT2D eigenvalue weighted by Gasteiger charge is -2.22. The summed E-state index contributed by atoms with van der Waals surface area (Å²) in [5.74, 6) is 0.328. The van der Waals surface area contributed by atoms with Gasteiger partial charge in [0.15, 0.2) is 0 Å². The largest absolute Gasteiger partial charge is 0.508 e. The Morgan fingerprint density at radius 3 is 2.31 bits per heavy atom. The molecule has 0 spiro atoms. The summed E-state index contributed by atoms with van der Waals surface area (Å²) in [7, 11) is 0. The molecule has 2 heteroatoms. The molecule has 0 heterocycles. The van der Waals surface area contributed by atoms with E-state index in [1.807, 2.05) is 24.3 Å². The number of anilines is 1. The van der Waals surface area contributed by atoms with Gasteiger partial charge < -0.3 is 10.4 Å². The Morgan fingerprint density at radius 1 is 0.724 bits per heavy atom. The molecule has 2 nitrogen and oxygen atoms in total. The van der Waals surface area contributed by atoms with Gasteiger partial charge in [0.25, 0.3) is 0 Å². The lowest BCUT2D eigenvalue weighted by molar-refractivity contribution is 0.463. The van der Waals surface area contributed by atoms with Crippen molar-refractivity contribution in [3.8, 4) is 16.9 Å².